The maximum Gasteiger partial charge on any atom is 0.309 e. The number of ether oxygens (including phenoxy) is 2. The van der Waals surface area contributed by atoms with Crippen molar-refractivity contribution in [3.05, 3.63) is 83.1 Å². The third-order valence-electron chi connectivity index (χ3n) is 5.86. The maximum atomic E-state index is 13.6. The number of aromatic nitrogens is 2. The van der Waals surface area contributed by atoms with E-state index < -0.39 is 0 Å². The molecule has 1 aliphatic heterocycles. The number of benzene rings is 2. The maximum absolute atomic E-state index is 13.6. The first-order valence-corrected chi connectivity index (χ1v) is 11.6. The van der Waals surface area contributed by atoms with Crippen molar-refractivity contribution in [2.75, 3.05) is 19.7 Å². The molecule has 0 spiro atoms. The molecule has 1 aliphatic rings. The van der Waals surface area contributed by atoms with Gasteiger partial charge in [-0.05, 0) is 55.2 Å². The largest absolute Gasteiger partial charge is 0.471 e. The lowest BCUT2D eigenvalue weighted by atomic mass is 9.96. The summed E-state index contributed by atoms with van der Waals surface area (Å²) in [7, 11) is 0. The molecular formula is C26H27F2N3O4. The molecule has 0 aliphatic carbocycles. The SMILES string of the molecule is CCOC(=O)C1CCN(C(=O)c2cn(Cc3cccc(F)c3)nc2OCc2cccc(F)c2)CC1. The van der Waals surface area contributed by atoms with Crippen LogP contribution in [0, 0.1) is 17.6 Å². The molecule has 35 heavy (non-hydrogen) atoms. The lowest BCUT2D eigenvalue weighted by Crippen LogP contribution is -2.40. The van der Waals surface area contributed by atoms with Crippen molar-refractivity contribution in [2.24, 2.45) is 5.92 Å². The minimum atomic E-state index is -0.386. The van der Waals surface area contributed by atoms with Crippen LogP contribution >= 0.6 is 0 Å². The van der Waals surface area contributed by atoms with Gasteiger partial charge in [0.15, 0.2) is 0 Å². The number of nitrogens with zero attached hydrogens (tertiary/aromatic N) is 3. The predicted octanol–water partition coefficient (Wildman–Crippen LogP) is 4.20. The summed E-state index contributed by atoms with van der Waals surface area (Å²) in [6, 6.07) is 12.1. The van der Waals surface area contributed by atoms with E-state index in [-0.39, 0.29) is 54.0 Å². The van der Waals surface area contributed by atoms with Crippen LogP contribution < -0.4 is 4.74 Å². The molecule has 4 rings (SSSR count). The Morgan fingerprint density at radius 2 is 1.69 bits per heavy atom. The number of likely N-dealkylation sites (tertiary alicyclic amines) is 1. The van der Waals surface area contributed by atoms with Gasteiger partial charge < -0.3 is 14.4 Å². The number of hydrogen-bond acceptors (Lipinski definition) is 5. The third-order valence-corrected chi connectivity index (χ3v) is 5.86. The van der Waals surface area contributed by atoms with Gasteiger partial charge in [0, 0.05) is 19.3 Å². The molecule has 0 unspecified atom stereocenters. The molecule has 1 amide bonds. The van der Waals surface area contributed by atoms with E-state index in [0.29, 0.717) is 43.7 Å². The zero-order valence-electron chi connectivity index (χ0n) is 19.5. The highest BCUT2D eigenvalue weighted by atomic mass is 19.1. The standard InChI is InChI=1S/C26H27F2N3O4/c1-2-34-26(33)20-9-11-30(12-10-20)25(32)23-16-31(15-18-5-3-7-21(27)13-18)29-24(23)35-17-19-6-4-8-22(28)14-19/h3-8,13-14,16,20H,2,9-12,15,17H2,1H3. The first kappa shape index (κ1) is 24.4. The molecule has 9 heteroatoms. The fourth-order valence-electron chi connectivity index (χ4n) is 4.09. The molecule has 1 aromatic heterocycles. The van der Waals surface area contributed by atoms with E-state index in [9.17, 15) is 18.4 Å². The Bertz CT molecular complexity index is 1190. The minimum absolute atomic E-state index is 0.0277. The van der Waals surface area contributed by atoms with E-state index in [1.165, 1.54) is 28.9 Å². The van der Waals surface area contributed by atoms with Gasteiger partial charge in [-0.25, -0.2) is 8.78 Å². The number of carbonyl (C=O) groups is 2. The van der Waals surface area contributed by atoms with Gasteiger partial charge in [-0.3, -0.25) is 14.3 Å². The van der Waals surface area contributed by atoms with E-state index in [4.69, 9.17) is 9.47 Å². The highest BCUT2D eigenvalue weighted by molar-refractivity contribution is 5.96. The van der Waals surface area contributed by atoms with E-state index in [1.54, 1.807) is 42.3 Å². The molecule has 2 heterocycles. The third kappa shape index (κ3) is 6.23. The van der Waals surface area contributed by atoms with Gasteiger partial charge >= 0.3 is 5.97 Å². The fraction of sp³-hybridized carbons (Fsp3) is 0.346. The van der Waals surface area contributed by atoms with Crippen molar-refractivity contribution in [3.8, 4) is 5.88 Å². The Morgan fingerprint density at radius 3 is 2.34 bits per heavy atom. The van der Waals surface area contributed by atoms with Crippen LogP contribution in [-0.2, 0) is 22.7 Å². The Hall–Kier alpha value is -3.75. The summed E-state index contributed by atoms with van der Waals surface area (Å²) < 4.78 is 39.6. The van der Waals surface area contributed by atoms with Crippen LogP contribution in [0.3, 0.4) is 0 Å². The predicted molar refractivity (Wildman–Crippen MR) is 124 cm³/mol. The van der Waals surface area contributed by atoms with Gasteiger partial charge in [-0.2, -0.15) is 0 Å². The summed E-state index contributed by atoms with van der Waals surface area (Å²) >= 11 is 0. The summed E-state index contributed by atoms with van der Waals surface area (Å²) in [5, 5.41) is 4.41. The molecule has 7 nitrogen and oxygen atoms in total. The second-order valence-electron chi connectivity index (χ2n) is 8.41. The lowest BCUT2D eigenvalue weighted by molar-refractivity contribution is -0.149. The van der Waals surface area contributed by atoms with Gasteiger partial charge in [0.2, 0.25) is 5.88 Å². The Kier molecular flexibility index (Phi) is 7.74. The van der Waals surface area contributed by atoms with Crippen molar-refractivity contribution >= 4 is 11.9 Å². The van der Waals surface area contributed by atoms with E-state index in [0.717, 1.165) is 0 Å². The molecule has 0 radical (unpaired) electrons. The Morgan fingerprint density at radius 1 is 1.03 bits per heavy atom. The normalized spacial score (nSPS) is 14.1. The van der Waals surface area contributed by atoms with E-state index >= 15 is 0 Å². The van der Waals surface area contributed by atoms with Crippen molar-refractivity contribution in [1.29, 1.82) is 0 Å². The highest BCUT2D eigenvalue weighted by Gasteiger charge is 2.31. The number of esters is 1. The van der Waals surface area contributed by atoms with Crippen LogP contribution in [0.1, 0.15) is 41.3 Å². The van der Waals surface area contributed by atoms with Crippen LogP contribution in [0.5, 0.6) is 5.88 Å². The molecule has 0 atom stereocenters. The first-order chi connectivity index (χ1) is 16.9. The van der Waals surface area contributed by atoms with Crippen molar-refractivity contribution in [3.63, 3.8) is 0 Å². The van der Waals surface area contributed by atoms with Crippen LogP contribution in [0.2, 0.25) is 0 Å². The second kappa shape index (κ2) is 11.1. The molecule has 0 N–H and O–H groups in total. The zero-order chi connectivity index (χ0) is 24.8. The van der Waals surface area contributed by atoms with Crippen molar-refractivity contribution < 1.29 is 27.8 Å². The number of rotatable bonds is 8. The molecule has 0 saturated carbocycles. The number of halogens is 2. The van der Waals surface area contributed by atoms with Crippen LogP contribution in [0.4, 0.5) is 8.78 Å². The van der Waals surface area contributed by atoms with Gasteiger partial charge in [-0.1, -0.05) is 24.3 Å². The minimum Gasteiger partial charge on any atom is -0.471 e. The lowest BCUT2D eigenvalue weighted by Gasteiger charge is -2.30. The van der Waals surface area contributed by atoms with Crippen molar-refractivity contribution in [2.45, 2.75) is 32.9 Å². The molecule has 1 fully saturated rings. The monoisotopic (exact) mass is 483 g/mol. The van der Waals surface area contributed by atoms with Gasteiger partial charge in [0.05, 0.1) is 19.1 Å². The highest BCUT2D eigenvalue weighted by Crippen LogP contribution is 2.25. The summed E-state index contributed by atoms with van der Waals surface area (Å²) in [4.78, 5) is 27.1. The quantitative estimate of drug-likeness (QED) is 0.449. The van der Waals surface area contributed by atoms with Crippen molar-refractivity contribution in [1.82, 2.24) is 14.7 Å². The summed E-state index contributed by atoms with van der Waals surface area (Å²) in [5.41, 5.74) is 1.53. The second-order valence-corrected chi connectivity index (χ2v) is 8.41. The summed E-state index contributed by atoms with van der Waals surface area (Å²) in [5.74, 6) is -1.36. The molecule has 0 bridgehead atoms. The van der Waals surface area contributed by atoms with Crippen LogP contribution in [-0.4, -0.2) is 46.3 Å². The van der Waals surface area contributed by atoms with E-state index in [1.807, 2.05) is 0 Å². The number of amides is 1. The summed E-state index contributed by atoms with van der Waals surface area (Å²) in [6.45, 7) is 3.17. The smallest absolute Gasteiger partial charge is 0.309 e. The van der Waals surface area contributed by atoms with Crippen LogP contribution in [0.15, 0.2) is 54.7 Å². The van der Waals surface area contributed by atoms with Gasteiger partial charge in [0.25, 0.3) is 5.91 Å². The Labute approximate surface area is 202 Å². The Balaban J connectivity index is 1.52. The molecule has 1 saturated heterocycles. The molecule has 2 aromatic carbocycles. The molecular weight excluding hydrogens is 456 g/mol. The topological polar surface area (TPSA) is 73.7 Å². The average Bonchev–Trinajstić information content (AvgIpc) is 3.25. The molecule has 3 aromatic rings. The van der Waals surface area contributed by atoms with E-state index in [2.05, 4.69) is 5.10 Å². The molecule has 184 valence electrons. The number of hydrogen-bond donors (Lipinski definition) is 0. The zero-order valence-corrected chi connectivity index (χ0v) is 19.5. The first-order valence-electron chi connectivity index (χ1n) is 11.6. The van der Waals surface area contributed by atoms with Crippen LogP contribution in [0.25, 0.3) is 0 Å². The average molecular weight is 484 g/mol. The fourth-order valence-corrected chi connectivity index (χ4v) is 4.09. The van der Waals surface area contributed by atoms with Gasteiger partial charge in [-0.15, -0.1) is 5.10 Å². The number of piperidine rings is 1. The summed E-state index contributed by atoms with van der Waals surface area (Å²) in [6.07, 6.45) is 2.61. The van der Waals surface area contributed by atoms with Gasteiger partial charge in [0.1, 0.15) is 23.8 Å². The number of carbonyl (C=O) groups excluding carboxylic acids is 2.